The van der Waals surface area contributed by atoms with Gasteiger partial charge >= 0.3 is 0 Å². The molecule has 1 rings (SSSR count). The van der Waals surface area contributed by atoms with Gasteiger partial charge in [-0.1, -0.05) is 24.8 Å². The van der Waals surface area contributed by atoms with Crippen LogP contribution in [0, 0.1) is 0 Å². The van der Waals surface area contributed by atoms with E-state index in [0.717, 1.165) is 5.56 Å². The van der Waals surface area contributed by atoms with E-state index in [2.05, 4.69) is 12.1 Å². The Hall–Kier alpha value is -1.48. The maximum absolute atomic E-state index is 5.74. The SMILES string of the molecule is C=C(NOCC)c1ccccc1N. The van der Waals surface area contributed by atoms with Gasteiger partial charge in [-0.2, -0.15) is 0 Å². The molecule has 3 heteroatoms. The summed E-state index contributed by atoms with van der Waals surface area (Å²) in [5.41, 5.74) is 10.7. The molecule has 0 atom stereocenters. The maximum Gasteiger partial charge on any atom is 0.0717 e. The van der Waals surface area contributed by atoms with Crippen LogP contribution in [0.15, 0.2) is 30.8 Å². The number of nitrogens with one attached hydrogen (secondary N) is 1. The summed E-state index contributed by atoms with van der Waals surface area (Å²) in [6.07, 6.45) is 0. The maximum atomic E-state index is 5.74. The molecule has 0 heterocycles. The molecule has 0 saturated heterocycles. The molecule has 0 bridgehead atoms. The monoisotopic (exact) mass is 178 g/mol. The molecule has 0 unspecified atom stereocenters. The lowest BCUT2D eigenvalue weighted by atomic mass is 10.1. The Kier molecular flexibility index (Phi) is 3.34. The summed E-state index contributed by atoms with van der Waals surface area (Å²) < 4.78 is 0. The highest BCUT2D eigenvalue weighted by Gasteiger charge is 2.00. The summed E-state index contributed by atoms with van der Waals surface area (Å²) in [4.78, 5) is 5.00. The van der Waals surface area contributed by atoms with Crippen molar-refractivity contribution in [3.05, 3.63) is 36.4 Å². The number of para-hydroxylation sites is 1. The van der Waals surface area contributed by atoms with Gasteiger partial charge in [0.2, 0.25) is 0 Å². The third kappa shape index (κ3) is 2.49. The first kappa shape index (κ1) is 9.61. The van der Waals surface area contributed by atoms with Crippen LogP contribution in [-0.2, 0) is 4.84 Å². The smallest absolute Gasteiger partial charge is 0.0717 e. The van der Waals surface area contributed by atoms with Crippen molar-refractivity contribution in [1.82, 2.24) is 5.48 Å². The zero-order valence-electron chi connectivity index (χ0n) is 7.71. The molecule has 0 radical (unpaired) electrons. The van der Waals surface area contributed by atoms with Crippen molar-refractivity contribution < 1.29 is 4.84 Å². The van der Waals surface area contributed by atoms with Crippen molar-refractivity contribution in [2.75, 3.05) is 12.3 Å². The van der Waals surface area contributed by atoms with Gasteiger partial charge in [0, 0.05) is 11.3 Å². The molecular formula is C10H14N2O. The summed E-state index contributed by atoms with van der Waals surface area (Å²) in [7, 11) is 0. The van der Waals surface area contributed by atoms with Crippen LogP contribution >= 0.6 is 0 Å². The highest BCUT2D eigenvalue weighted by Crippen LogP contribution is 2.16. The molecule has 1 aromatic carbocycles. The molecule has 0 aliphatic heterocycles. The summed E-state index contributed by atoms with van der Waals surface area (Å²) in [5, 5.41) is 0. The number of hydroxylamine groups is 1. The van der Waals surface area contributed by atoms with Crippen LogP contribution in [0.1, 0.15) is 12.5 Å². The van der Waals surface area contributed by atoms with Gasteiger partial charge in [0.25, 0.3) is 0 Å². The second-order valence-corrected chi connectivity index (χ2v) is 2.60. The largest absolute Gasteiger partial charge is 0.398 e. The fourth-order valence-corrected chi connectivity index (χ4v) is 0.986. The predicted molar refractivity (Wildman–Crippen MR) is 54.7 cm³/mol. The second kappa shape index (κ2) is 4.52. The second-order valence-electron chi connectivity index (χ2n) is 2.60. The minimum absolute atomic E-state index is 0.589. The van der Waals surface area contributed by atoms with Crippen molar-refractivity contribution in [1.29, 1.82) is 0 Å². The van der Waals surface area contributed by atoms with Gasteiger partial charge in [0.1, 0.15) is 0 Å². The molecule has 3 N–H and O–H groups in total. The topological polar surface area (TPSA) is 47.3 Å². The van der Waals surface area contributed by atoms with Crippen LogP contribution in [0.5, 0.6) is 0 Å². The molecule has 0 aromatic heterocycles. The first-order valence-electron chi connectivity index (χ1n) is 4.17. The Bertz CT molecular complexity index is 297. The average Bonchev–Trinajstić information content (AvgIpc) is 2.15. The number of rotatable bonds is 4. The summed E-state index contributed by atoms with van der Waals surface area (Å²) in [6, 6.07) is 7.51. The van der Waals surface area contributed by atoms with Gasteiger partial charge < -0.3 is 5.73 Å². The lowest BCUT2D eigenvalue weighted by Crippen LogP contribution is -2.12. The molecule has 1 aromatic rings. The lowest BCUT2D eigenvalue weighted by molar-refractivity contribution is 0.0902. The Morgan fingerprint density at radius 1 is 1.54 bits per heavy atom. The minimum atomic E-state index is 0.589. The van der Waals surface area contributed by atoms with E-state index < -0.39 is 0 Å². The van der Waals surface area contributed by atoms with Gasteiger partial charge in [-0.25, -0.2) is 0 Å². The first-order chi connectivity index (χ1) is 6.25. The van der Waals surface area contributed by atoms with Crippen molar-refractivity contribution >= 4 is 11.4 Å². The van der Waals surface area contributed by atoms with Crippen LogP contribution in [0.2, 0.25) is 0 Å². The Morgan fingerprint density at radius 2 is 2.23 bits per heavy atom. The first-order valence-corrected chi connectivity index (χ1v) is 4.17. The number of nitrogens with two attached hydrogens (primary N) is 1. The molecule has 13 heavy (non-hydrogen) atoms. The van der Waals surface area contributed by atoms with Crippen LogP contribution in [-0.4, -0.2) is 6.61 Å². The molecule has 0 aliphatic rings. The molecule has 3 nitrogen and oxygen atoms in total. The van der Waals surface area contributed by atoms with Crippen LogP contribution in [0.4, 0.5) is 5.69 Å². The van der Waals surface area contributed by atoms with Crippen molar-refractivity contribution in [2.24, 2.45) is 0 Å². The number of anilines is 1. The Morgan fingerprint density at radius 3 is 2.85 bits per heavy atom. The fraction of sp³-hybridized carbons (Fsp3) is 0.200. The van der Waals surface area contributed by atoms with Gasteiger partial charge in [-0.05, 0) is 13.0 Å². The molecule has 0 aliphatic carbocycles. The van der Waals surface area contributed by atoms with E-state index in [4.69, 9.17) is 10.6 Å². The van der Waals surface area contributed by atoms with Crippen LogP contribution in [0.25, 0.3) is 5.70 Å². The van der Waals surface area contributed by atoms with Gasteiger partial charge in [0.15, 0.2) is 0 Å². The fourth-order valence-electron chi connectivity index (χ4n) is 0.986. The average molecular weight is 178 g/mol. The summed E-state index contributed by atoms with van der Waals surface area (Å²) in [6.45, 7) is 6.29. The zero-order valence-corrected chi connectivity index (χ0v) is 7.71. The molecule has 0 spiro atoms. The predicted octanol–water partition coefficient (Wildman–Crippen LogP) is 1.78. The summed E-state index contributed by atoms with van der Waals surface area (Å²) >= 11 is 0. The molecular weight excluding hydrogens is 164 g/mol. The van der Waals surface area contributed by atoms with Crippen molar-refractivity contribution in [2.45, 2.75) is 6.92 Å². The molecule has 0 saturated carbocycles. The van der Waals surface area contributed by atoms with E-state index in [1.807, 2.05) is 31.2 Å². The molecule has 70 valence electrons. The van der Waals surface area contributed by atoms with E-state index in [1.54, 1.807) is 0 Å². The van der Waals surface area contributed by atoms with E-state index in [1.165, 1.54) is 0 Å². The minimum Gasteiger partial charge on any atom is -0.398 e. The lowest BCUT2D eigenvalue weighted by Gasteiger charge is -2.10. The van der Waals surface area contributed by atoms with E-state index in [0.29, 0.717) is 18.0 Å². The van der Waals surface area contributed by atoms with E-state index in [-0.39, 0.29) is 0 Å². The highest BCUT2D eigenvalue weighted by molar-refractivity contribution is 5.71. The molecule has 0 fully saturated rings. The summed E-state index contributed by atoms with van der Waals surface area (Å²) in [5.74, 6) is 0. The van der Waals surface area contributed by atoms with Crippen LogP contribution in [0.3, 0.4) is 0 Å². The Balaban J connectivity index is 2.71. The number of hydrogen-bond acceptors (Lipinski definition) is 3. The van der Waals surface area contributed by atoms with Crippen LogP contribution < -0.4 is 11.2 Å². The van der Waals surface area contributed by atoms with Crippen molar-refractivity contribution in [3.63, 3.8) is 0 Å². The Labute approximate surface area is 78.2 Å². The van der Waals surface area contributed by atoms with Crippen molar-refractivity contribution in [3.8, 4) is 0 Å². The van der Waals surface area contributed by atoms with Gasteiger partial charge in [0.05, 0.1) is 12.3 Å². The third-order valence-electron chi connectivity index (χ3n) is 1.63. The quantitative estimate of drug-likeness (QED) is 0.545. The van der Waals surface area contributed by atoms with Gasteiger partial charge in [-0.15, -0.1) is 0 Å². The van der Waals surface area contributed by atoms with E-state index in [9.17, 15) is 0 Å². The number of nitrogen functional groups attached to an aromatic ring is 1. The zero-order chi connectivity index (χ0) is 9.68. The number of benzene rings is 1. The number of hydrogen-bond donors (Lipinski definition) is 2. The highest BCUT2D eigenvalue weighted by atomic mass is 16.6. The molecule has 0 amide bonds. The third-order valence-corrected chi connectivity index (χ3v) is 1.63. The normalized spacial score (nSPS) is 9.62. The van der Waals surface area contributed by atoms with E-state index >= 15 is 0 Å². The standard InChI is InChI=1S/C10H14N2O/c1-3-13-12-8(2)9-6-4-5-7-10(9)11/h4-7,12H,2-3,11H2,1H3. The van der Waals surface area contributed by atoms with Gasteiger partial charge in [-0.3, -0.25) is 10.3 Å².